The number of unbranched alkanes of at least 4 members (excludes halogenated alkanes) is 2. The van der Waals surface area contributed by atoms with Crippen LogP contribution in [0, 0.1) is 0 Å². The van der Waals surface area contributed by atoms with Gasteiger partial charge in [0.1, 0.15) is 0 Å². The van der Waals surface area contributed by atoms with Crippen LogP contribution in [0.5, 0.6) is 0 Å². The zero-order chi connectivity index (χ0) is 15.9. The molecule has 0 bridgehead atoms. The van der Waals surface area contributed by atoms with Gasteiger partial charge >= 0.3 is 0 Å². The van der Waals surface area contributed by atoms with Crippen molar-refractivity contribution in [2.75, 3.05) is 5.88 Å². The highest BCUT2D eigenvalue weighted by atomic mass is 35.5. The van der Waals surface area contributed by atoms with Crippen LogP contribution in [0.15, 0.2) is 24.3 Å². The van der Waals surface area contributed by atoms with Crippen molar-refractivity contribution in [1.82, 2.24) is 0 Å². The second kappa shape index (κ2) is 8.35. The van der Waals surface area contributed by atoms with E-state index in [1.54, 1.807) is 0 Å². The monoisotopic (exact) mass is 326 g/mol. The predicted molar refractivity (Wildman–Crippen MR) is 96.7 cm³/mol. The van der Waals surface area contributed by atoms with Gasteiger partial charge in [-0.3, -0.25) is 0 Å². The van der Waals surface area contributed by atoms with Gasteiger partial charge in [-0.2, -0.15) is 0 Å². The summed E-state index contributed by atoms with van der Waals surface area (Å²) in [4.78, 5) is 0. The van der Waals surface area contributed by atoms with Crippen molar-refractivity contribution in [1.29, 1.82) is 0 Å². The molecule has 1 nitrogen and oxygen atoms in total. The van der Waals surface area contributed by atoms with Crippen molar-refractivity contribution in [2.45, 2.75) is 71.2 Å². The van der Waals surface area contributed by atoms with Crippen LogP contribution in [0.25, 0.3) is 0 Å². The van der Waals surface area contributed by atoms with E-state index in [2.05, 4.69) is 58.1 Å². The molecule has 120 valence electrons. The van der Waals surface area contributed by atoms with Crippen LogP contribution >= 0.6 is 11.6 Å². The van der Waals surface area contributed by atoms with Crippen molar-refractivity contribution in [3.8, 4) is 0 Å². The molecule has 0 saturated heterocycles. The van der Waals surface area contributed by atoms with Crippen molar-refractivity contribution >= 4 is 19.9 Å². The summed E-state index contributed by atoms with van der Waals surface area (Å²) >= 11 is 5.70. The molecule has 0 amide bonds. The van der Waals surface area contributed by atoms with Gasteiger partial charge in [-0.15, -0.1) is 11.6 Å². The predicted octanol–water partition coefficient (Wildman–Crippen LogP) is 6.16. The first-order valence-electron chi connectivity index (χ1n) is 8.04. The molecule has 21 heavy (non-hydrogen) atoms. The van der Waals surface area contributed by atoms with Gasteiger partial charge in [0.15, 0.2) is 8.32 Å². The summed E-state index contributed by atoms with van der Waals surface area (Å²) in [5.74, 6) is 0.781. The van der Waals surface area contributed by atoms with Crippen molar-refractivity contribution in [3.05, 3.63) is 35.4 Å². The minimum Gasteiger partial charge on any atom is -0.413 e. The second-order valence-corrected chi connectivity index (χ2v) is 12.6. The number of alkyl halides is 1. The fourth-order valence-corrected chi connectivity index (χ4v) is 3.03. The Morgan fingerprint density at radius 1 is 0.952 bits per heavy atom. The van der Waals surface area contributed by atoms with Gasteiger partial charge in [-0.05, 0) is 48.5 Å². The van der Waals surface area contributed by atoms with Crippen LogP contribution in [-0.2, 0) is 17.5 Å². The molecule has 0 aliphatic carbocycles. The van der Waals surface area contributed by atoms with E-state index in [0.29, 0.717) is 0 Å². The van der Waals surface area contributed by atoms with Crippen LogP contribution in [0.3, 0.4) is 0 Å². The first kappa shape index (κ1) is 18.7. The molecular weight excluding hydrogens is 296 g/mol. The molecule has 0 radical (unpaired) electrons. The maximum atomic E-state index is 6.26. The Morgan fingerprint density at radius 2 is 1.52 bits per heavy atom. The zero-order valence-electron chi connectivity index (χ0n) is 14.3. The average Bonchev–Trinajstić information content (AvgIpc) is 2.41. The number of benzene rings is 1. The summed E-state index contributed by atoms with van der Waals surface area (Å²) in [5.41, 5.74) is 2.70. The molecule has 1 aromatic rings. The lowest BCUT2D eigenvalue weighted by Gasteiger charge is -2.36. The number of rotatable bonds is 8. The summed E-state index contributed by atoms with van der Waals surface area (Å²) in [7, 11) is -1.64. The third-order valence-electron chi connectivity index (χ3n) is 4.53. The van der Waals surface area contributed by atoms with E-state index in [-0.39, 0.29) is 5.04 Å². The Bertz CT molecular complexity index is 406. The highest BCUT2D eigenvalue weighted by Crippen LogP contribution is 2.37. The van der Waals surface area contributed by atoms with Gasteiger partial charge in [0.2, 0.25) is 0 Å². The summed E-state index contributed by atoms with van der Waals surface area (Å²) in [5, 5.41) is 0.273. The van der Waals surface area contributed by atoms with E-state index in [4.69, 9.17) is 16.0 Å². The lowest BCUT2D eigenvalue weighted by atomic mass is 10.1. The Labute approximate surface area is 137 Å². The molecule has 0 heterocycles. The Kier molecular flexibility index (Phi) is 7.45. The van der Waals surface area contributed by atoms with Gasteiger partial charge in [0.05, 0.1) is 6.61 Å². The number of halogens is 1. The fourth-order valence-electron chi connectivity index (χ4n) is 1.88. The molecular formula is C18H31ClOSi. The quantitative estimate of drug-likeness (QED) is 0.316. The average molecular weight is 327 g/mol. The summed E-state index contributed by atoms with van der Waals surface area (Å²) < 4.78 is 6.26. The molecule has 0 fully saturated rings. The smallest absolute Gasteiger partial charge is 0.192 e. The molecule has 0 saturated carbocycles. The van der Waals surface area contributed by atoms with Gasteiger partial charge in [0.25, 0.3) is 0 Å². The Morgan fingerprint density at radius 3 is 2.05 bits per heavy atom. The van der Waals surface area contributed by atoms with Crippen LogP contribution in [-0.4, -0.2) is 14.2 Å². The van der Waals surface area contributed by atoms with Crippen LogP contribution < -0.4 is 0 Å². The third kappa shape index (κ3) is 6.54. The van der Waals surface area contributed by atoms with Crippen LogP contribution in [0.2, 0.25) is 18.1 Å². The van der Waals surface area contributed by atoms with E-state index < -0.39 is 8.32 Å². The highest BCUT2D eigenvalue weighted by molar-refractivity contribution is 6.74. The first-order chi connectivity index (χ1) is 9.76. The number of hydrogen-bond acceptors (Lipinski definition) is 1. The van der Waals surface area contributed by atoms with E-state index in [1.165, 1.54) is 24.0 Å². The van der Waals surface area contributed by atoms with Crippen molar-refractivity contribution in [3.63, 3.8) is 0 Å². The van der Waals surface area contributed by atoms with Crippen molar-refractivity contribution in [2.24, 2.45) is 0 Å². The molecule has 3 heteroatoms. The van der Waals surface area contributed by atoms with Gasteiger partial charge in [-0.1, -0.05) is 51.5 Å². The van der Waals surface area contributed by atoms with Gasteiger partial charge in [0, 0.05) is 5.88 Å². The molecule has 1 rings (SSSR count). The minimum absolute atomic E-state index is 0.273. The molecule has 0 aliphatic rings. The molecule has 0 atom stereocenters. The Hall–Kier alpha value is -0.313. The molecule has 0 aliphatic heterocycles. The SMILES string of the molecule is CC(C)(C)[Si](C)(C)OCc1ccc(CCCCCCl)cc1. The number of hydrogen-bond donors (Lipinski definition) is 0. The van der Waals surface area contributed by atoms with E-state index in [0.717, 1.165) is 25.3 Å². The standard InChI is InChI=1S/C18H31ClOSi/c1-18(2,3)21(4,5)20-15-17-12-10-16(11-13-17)9-7-6-8-14-19/h10-13H,6-9,14-15H2,1-5H3. The maximum Gasteiger partial charge on any atom is 0.192 e. The summed E-state index contributed by atoms with van der Waals surface area (Å²) in [6.07, 6.45) is 4.73. The molecule has 1 aromatic carbocycles. The van der Waals surface area contributed by atoms with Crippen LogP contribution in [0.4, 0.5) is 0 Å². The van der Waals surface area contributed by atoms with Gasteiger partial charge < -0.3 is 4.43 Å². The summed E-state index contributed by atoms with van der Waals surface area (Å²) in [6, 6.07) is 8.91. The third-order valence-corrected chi connectivity index (χ3v) is 9.27. The Balaban J connectivity index is 2.44. The fraction of sp³-hybridized carbons (Fsp3) is 0.667. The van der Waals surface area contributed by atoms with Crippen LogP contribution in [0.1, 0.15) is 51.2 Å². The lowest BCUT2D eigenvalue weighted by Crippen LogP contribution is -2.40. The topological polar surface area (TPSA) is 9.23 Å². The van der Waals surface area contributed by atoms with E-state index in [9.17, 15) is 0 Å². The highest BCUT2D eigenvalue weighted by Gasteiger charge is 2.36. The normalized spacial score (nSPS) is 12.7. The molecule has 0 N–H and O–H groups in total. The van der Waals surface area contributed by atoms with Gasteiger partial charge in [-0.25, -0.2) is 0 Å². The van der Waals surface area contributed by atoms with E-state index in [1.807, 2.05) is 0 Å². The molecule has 0 spiro atoms. The minimum atomic E-state index is -1.64. The molecule has 0 unspecified atom stereocenters. The zero-order valence-corrected chi connectivity index (χ0v) is 16.1. The van der Waals surface area contributed by atoms with E-state index >= 15 is 0 Å². The first-order valence-corrected chi connectivity index (χ1v) is 11.5. The molecule has 0 aromatic heterocycles. The second-order valence-electron chi connectivity index (χ2n) is 7.37. The lowest BCUT2D eigenvalue weighted by molar-refractivity contribution is 0.276. The van der Waals surface area contributed by atoms with Crippen molar-refractivity contribution < 1.29 is 4.43 Å². The largest absolute Gasteiger partial charge is 0.413 e. The summed E-state index contributed by atoms with van der Waals surface area (Å²) in [6.45, 7) is 12.2. The maximum absolute atomic E-state index is 6.26. The number of aryl methyl sites for hydroxylation is 1.